The summed E-state index contributed by atoms with van der Waals surface area (Å²) in [6.45, 7) is 3.20. The maximum atomic E-state index is 11.5. The van der Waals surface area contributed by atoms with E-state index in [2.05, 4.69) is 30.4 Å². The van der Waals surface area contributed by atoms with Crippen LogP contribution in [-0.4, -0.2) is 80.0 Å². The lowest BCUT2D eigenvalue weighted by molar-refractivity contribution is -0.210. The van der Waals surface area contributed by atoms with E-state index < -0.39 is 37.1 Å². The van der Waals surface area contributed by atoms with Crippen LogP contribution in [0.25, 0.3) is 26.6 Å². The number of anilines is 1. The first kappa shape index (κ1) is 24.0. The Hall–Kier alpha value is -3.34. The number of thiazole rings is 2. The third-order valence-electron chi connectivity index (χ3n) is 6.17. The number of fused-ring (bicyclic) bond motifs is 1. The third kappa shape index (κ3) is 4.18. The van der Waals surface area contributed by atoms with E-state index in [1.165, 1.54) is 16.0 Å². The van der Waals surface area contributed by atoms with Crippen LogP contribution in [-0.2, 0) is 4.74 Å². The van der Waals surface area contributed by atoms with Crippen molar-refractivity contribution >= 4 is 38.7 Å². The Kier molecular flexibility index (Phi) is 5.97. The molecule has 5 heterocycles. The maximum Gasteiger partial charge on any atom is 0.164 e. The minimum absolute atomic E-state index is 0.328. The molecule has 0 bridgehead atoms. The molecule has 0 amide bonds. The van der Waals surface area contributed by atoms with Crippen molar-refractivity contribution in [3.8, 4) is 16.4 Å². The van der Waals surface area contributed by atoms with Gasteiger partial charge in [0.1, 0.15) is 52.8 Å². The van der Waals surface area contributed by atoms with Gasteiger partial charge in [-0.25, -0.2) is 24.3 Å². The van der Waals surface area contributed by atoms with Gasteiger partial charge in [-0.2, -0.15) is 5.10 Å². The van der Waals surface area contributed by atoms with Crippen LogP contribution < -0.4 is 5.73 Å². The molecule has 37 heavy (non-hydrogen) atoms. The molecule has 192 valence electrons. The van der Waals surface area contributed by atoms with E-state index in [0.717, 1.165) is 20.9 Å². The fourth-order valence-corrected chi connectivity index (χ4v) is 6.04. The number of aromatic nitrogens is 8. The van der Waals surface area contributed by atoms with Gasteiger partial charge in [-0.3, -0.25) is 0 Å². The predicted molar refractivity (Wildman–Crippen MR) is 135 cm³/mol. The predicted octanol–water partition coefficient (Wildman–Crippen LogP) is 1.19. The van der Waals surface area contributed by atoms with Gasteiger partial charge in [-0.15, -0.1) is 27.8 Å². The number of hydrogen-bond acceptors (Lipinski definition) is 13. The highest BCUT2D eigenvalue weighted by Crippen LogP contribution is 2.39. The van der Waals surface area contributed by atoms with Gasteiger partial charge in [-0.1, -0.05) is 5.21 Å². The van der Waals surface area contributed by atoms with Crippen molar-refractivity contribution in [3.05, 3.63) is 46.4 Å². The molecule has 1 saturated heterocycles. The Morgan fingerprint density at radius 3 is 2.73 bits per heavy atom. The smallest absolute Gasteiger partial charge is 0.164 e. The van der Waals surface area contributed by atoms with Crippen LogP contribution in [0.15, 0.2) is 29.8 Å². The zero-order chi connectivity index (χ0) is 25.8. The second kappa shape index (κ2) is 9.20. The molecule has 0 aliphatic carbocycles. The SMILES string of the molecule is Cc1nc([C@@H]2OC(CO)[C@H](O)[C@H](n3cc(-c4nc(N)cs4)nn3)C2O)n(-c2ccc3nc(C)sc3c2)n1. The number of aryl methyl sites for hydroxylation is 2. The van der Waals surface area contributed by atoms with Crippen LogP contribution in [0.3, 0.4) is 0 Å². The van der Waals surface area contributed by atoms with Crippen LogP contribution >= 0.6 is 22.7 Å². The highest BCUT2D eigenvalue weighted by atomic mass is 32.1. The van der Waals surface area contributed by atoms with E-state index >= 15 is 0 Å². The molecular weight excluding hydrogens is 518 g/mol. The molecule has 2 unspecified atom stereocenters. The molecule has 1 aliphatic heterocycles. The molecule has 13 nitrogen and oxygen atoms in total. The Balaban J connectivity index is 1.39. The van der Waals surface area contributed by atoms with Gasteiger partial charge in [0, 0.05) is 5.38 Å². The molecule has 1 aromatic carbocycles. The number of ether oxygens (including phenoxy) is 1. The zero-order valence-corrected chi connectivity index (χ0v) is 21.3. The van der Waals surface area contributed by atoms with E-state index in [1.807, 2.05) is 25.1 Å². The summed E-state index contributed by atoms with van der Waals surface area (Å²) in [6, 6.07) is 4.73. The number of aliphatic hydroxyl groups is 3. The van der Waals surface area contributed by atoms with Crippen molar-refractivity contribution in [3.63, 3.8) is 0 Å². The van der Waals surface area contributed by atoms with E-state index in [4.69, 9.17) is 10.5 Å². The minimum atomic E-state index is -1.30. The lowest BCUT2D eigenvalue weighted by Gasteiger charge is -2.41. The van der Waals surface area contributed by atoms with Gasteiger partial charge in [0.15, 0.2) is 5.82 Å². The Bertz CT molecular complexity index is 1580. The first-order valence-electron chi connectivity index (χ1n) is 11.4. The molecule has 15 heteroatoms. The number of benzene rings is 1. The van der Waals surface area contributed by atoms with Gasteiger partial charge < -0.3 is 25.8 Å². The van der Waals surface area contributed by atoms with E-state index in [-0.39, 0.29) is 0 Å². The summed E-state index contributed by atoms with van der Waals surface area (Å²) in [5.41, 5.74) is 7.77. The van der Waals surface area contributed by atoms with Gasteiger partial charge in [0.05, 0.1) is 33.7 Å². The molecule has 0 radical (unpaired) electrons. The lowest BCUT2D eigenvalue weighted by atomic mass is 9.92. The first-order chi connectivity index (χ1) is 17.8. The molecule has 5 N–H and O–H groups in total. The second-order valence-corrected chi connectivity index (χ2v) is 10.8. The minimum Gasteiger partial charge on any atom is -0.394 e. The largest absolute Gasteiger partial charge is 0.394 e. The van der Waals surface area contributed by atoms with Crippen molar-refractivity contribution in [2.24, 2.45) is 0 Å². The number of rotatable bonds is 5. The molecule has 1 aliphatic rings. The van der Waals surface area contributed by atoms with Gasteiger partial charge >= 0.3 is 0 Å². The molecular formula is C22H23N9O4S2. The Morgan fingerprint density at radius 1 is 1.14 bits per heavy atom. The van der Waals surface area contributed by atoms with Gasteiger partial charge in [-0.05, 0) is 32.0 Å². The van der Waals surface area contributed by atoms with Crippen molar-refractivity contribution < 1.29 is 20.1 Å². The van der Waals surface area contributed by atoms with Crippen LogP contribution in [0.5, 0.6) is 0 Å². The fraction of sp³-hybridized carbons (Fsp3) is 0.364. The van der Waals surface area contributed by atoms with Crippen LogP contribution in [0.2, 0.25) is 0 Å². The molecule has 1 fully saturated rings. The molecule has 5 atom stereocenters. The molecule has 6 rings (SSSR count). The summed E-state index contributed by atoms with van der Waals surface area (Å²) < 4.78 is 9.94. The average molecular weight is 542 g/mol. The van der Waals surface area contributed by atoms with Gasteiger partial charge in [0.25, 0.3) is 0 Å². The summed E-state index contributed by atoms with van der Waals surface area (Å²) >= 11 is 2.87. The lowest BCUT2D eigenvalue weighted by Crippen LogP contribution is -2.53. The molecule has 0 spiro atoms. The topological polar surface area (TPSA) is 183 Å². The number of nitrogens with two attached hydrogens (primary N) is 1. The van der Waals surface area contributed by atoms with Crippen molar-refractivity contribution in [1.82, 2.24) is 39.7 Å². The van der Waals surface area contributed by atoms with E-state index in [1.54, 1.807) is 34.5 Å². The summed E-state index contributed by atoms with van der Waals surface area (Å²) in [5, 5.41) is 48.5. The maximum absolute atomic E-state index is 11.5. The van der Waals surface area contributed by atoms with Crippen molar-refractivity contribution in [2.45, 2.75) is 44.3 Å². The number of aliphatic hydroxyl groups excluding tert-OH is 3. The number of hydrogen-bond donors (Lipinski definition) is 4. The highest BCUT2D eigenvalue weighted by Gasteiger charge is 2.48. The molecule has 4 aromatic heterocycles. The first-order valence-corrected chi connectivity index (χ1v) is 13.1. The Morgan fingerprint density at radius 2 is 1.97 bits per heavy atom. The van der Waals surface area contributed by atoms with Gasteiger partial charge in [0.2, 0.25) is 0 Å². The second-order valence-electron chi connectivity index (χ2n) is 8.72. The Labute approximate surface area is 217 Å². The summed E-state index contributed by atoms with van der Waals surface area (Å²) in [6.07, 6.45) is -3.05. The molecule has 0 saturated carbocycles. The number of nitrogen functional groups attached to an aromatic ring is 1. The third-order valence-corrected chi connectivity index (χ3v) is 7.98. The highest BCUT2D eigenvalue weighted by molar-refractivity contribution is 7.18. The van der Waals surface area contributed by atoms with E-state index in [9.17, 15) is 15.3 Å². The van der Waals surface area contributed by atoms with E-state index in [0.29, 0.717) is 28.2 Å². The van der Waals surface area contributed by atoms with Crippen LogP contribution in [0.1, 0.15) is 28.8 Å². The average Bonchev–Trinajstić information content (AvgIpc) is 3.65. The normalized spacial score (nSPS) is 24.2. The zero-order valence-electron chi connectivity index (χ0n) is 19.7. The van der Waals surface area contributed by atoms with Crippen LogP contribution in [0.4, 0.5) is 5.82 Å². The van der Waals surface area contributed by atoms with Crippen molar-refractivity contribution in [1.29, 1.82) is 0 Å². The molecule has 5 aromatic rings. The summed E-state index contributed by atoms with van der Waals surface area (Å²) in [5.74, 6) is 1.16. The fourth-order valence-electron chi connectivity index (χ4n) is 4.52. The van der Waals surface area contributed by atoms with Crippen molar-refractivity contribution in [2.75, 3.05) is 12.3 Å². The monoisotopic (exact) mass is 541 g/mol. The number of nitrogens with zero attached hydrogens (tertiary/aromatic N) is 8. The quantitative estimate of drug-likeness (QED) is 0.251. The summed E-state index contributed by atoms with van der Waals surface area (Å²) in [4.78, 5) is 13.3. The van der Waals surface area contributed by atoms with Crippen LogP contribution in [0, 0.1) is 13.8 Å². The summed E-state index contributed by atoms with van der Waals surface area (Å²) in [7, 11) is 0. The standard InChI is InChI=1S/C22H23N9O4S2/c1-9-24-21(31(28-9)11-3-4-12-15(5-11)37-10(2)25-12)20-19(34)17(18(33)14(7-32)35-20)30-6-13(27-29-30)22-26-16(23)8-36-22/h3-6,8,14,17-20,32-34H,7,23H2,1-2H3/t14?,17-,18-,19?,20+/m0/s1.